The van der Waals surface area contributed by atoms with Gasteiger partial charge in [0.2, 0.25) is 10.0 Å². The van der Waals surface area contributed by atoms with Crippen molar-refractivity contribution in [2.75, 3.05) is 5.75 Å². The van der Waals surface area contributed by atoms with Crippen molar-refractivity contribution in [2.24, 2.45) is 13.0 Å². The average Bonchev–Trinajstić information content (AvgIpc) is 3.31. The molecule has 1 fully saturated rings. The highest BCUT2D eigenvalue weighted by Crippen LogP contribution is 2.28. The number of hydrogen-bond donors (Lipinski definition) is 3. The number of amides is 2. The van der Waals surface area contributed by atoms with Crippen LogP contribution in [-0.2, 0) is 17.1 Å². The molecule has 0 bridgehead atoms. The van der Waals surface area contributed by atoms with E-state index in [1.54, 1.807) is 42.3 Å². The number of nitrogens with one attached hydrogen (secondary N) is 3. The number of rotatable bonds is 8. The first-order valence-electron chi connectivity index (χ1n) is 11.6. The van der Waals surface area contributed by atoms with E-state index in [4.69, 9.17) is 11.6 Å². The molecule has 0 aliphatic heterocycles. The van der Waals surface area contributed by atoms with Crippen LogP contribution in [0.1, 0.15) is 46.5 Å². The molecule has 2 amide bonds. The van der Waals surface area contributed by atoms with Gasteiger partial charge in [-0.1, -0.05) is 24.1 Å². The van der Waals surface area contributed by atoms with E-state index in [9.17, 15) is 22.4 Å². The van der Waals surface area contributed by atoms with Gasteiger partial charge in [-0.3, -0.25) is 20.0 Å². The van der Waals surface area contributed by atoms with Crippen LogP contribution in [0.4, 0.5) is 4.39 Å². The van der Waals surface area contributed by atoms with Gasteiger partial charge in [0.1, 0.15) is 5.69 Å². The van der Waals surface area contributed by atoms with Gasteiger partial charge in [0.15, 0.2) is 5.82 Å². The fourth-order valence-electron chi connectivity index (χ4n) is 4.34. The van der Waals surface area contributed by atoms with Crippen LogP contribution in [0.3, 0.4) is 0 Å². The van der Waals surface area contributed by atoms with Gasteiger partial charge in [-0.15, -0.1) is 4.83 Å². The summed E-state index contributed by atoms with van der Waals surface area (Å²) in [4.78, 5) is 35.3. The molecule has 3 aromatic rings. The van der Waals surface area contributed by atoms with E-state index in [2.05, 4.69) is 20.7 Å². The average molecular weight is 549 g/mol. The van der Waals surface area contributed by atoms with Crippen molar-refractivity contribution < 1.29 is 22.4 Å². The summed E-state index contributed by atoms with van der Waals surface area (Å²) in [5, 5.41) is 2.61. The number of imidazole rings is 1. The summed E-state index contributed by atoms with van der Waals surface area (Å²) >= 11 is 5.97. The van der Waals surface area contributed by atoms with E-state index in [-0.39, 0.29) is 28.6 Å². The van der Waals surface area contributed by atoms with E-state index in [1.165, 1.54) is 18.3 Å². The van der Waals surface area contributed by atoms with Gasteiger partial charge < -0.3 is 9.88 Å². The SMILES string of the molecule is Cn1cnc(-c2cc(Cl)c(F)c(C(=O)NNS(=O)(=O)CC3CCCC(NC(=O)c4ccccn4)C3)c2)c1. The fourth-order valence-corrected chi connectivity index (χ4v) is 5.81. The number of hydrazine groups is 1. The lowest BCUT2D eigenvalue weighted by molar-refractivity contribution is 0.0913. The number of sulfonamides is 1. The molecule has 3 N–H and O–H groups in total. The molecular weight excluding hydrogens is 523 g/mol. The Hall–Kier alpha value is -3.35. The van der Waals surface area contributed by atoms with Crippen LogP contribution in [0.5, 0.6) is 0 Å². The van der Waals surface area contributed by atoms with Crippen molar-refractivity contribution in [2.45, 2.75) is 31.7 Å². The molecule has 1 aliphatic rings. The Balaban J connectivity index is 1.35. The number of benzene rings is 1. The van der Waals surface area contributed by atoms with Crippen molar-refractivity contribution in [1.29, 1.82) is 0 Å². The molecule has 0 spiro atoms. The first-order valence-corrected chi connectivity index (χ1v) is 13.6. The third-order valence-corrected chi connectivity index (χ3v) is 7.66. The smallest absolute Gasteiger partial charge is 0.270 e. The standard InChI is InChI=1S/C24H26ClFN6O4S/c1-32-12-21(28-14-32)16-10-18(22(26)19(25)11-16)23(33)30-31-37(35,36)13-15-5-4-6-17(9-15)29-24(34)20-7-2-3-8-27-20/h2-3,7-8,10-12,14-15,17,31H,4-6,9,13H2,1H3,(H,29,34)(H,30,33). The molecule has 4 rings (SSSR count). The summed E-state index contributed by atoms with van der Waals surface area (Å²) < 4.78 is 41.6. The highest BCUT2D eigenvalue weighted by molar-refractivity contribution is 7.89. The molecule has 2 atom stereocenters. The summed E-state index contributed by atoms with van der Waals surface area (Å²) in [5.74, 6) is -2.79. The Bertz CT molecular complexity index is 1400. The summed E-state index contributed by atoms with van der Waals surface area (Å²) in [6.45, 7) is 0. The Morgan fingerprint density at radius 2 is 2.00 bits per heavy atom. The Morgan fingerprint density at radius 3 is 2.70 bits per heavy atom. The summed E-state index contributed by atoms with van der Waals surface area (Å²) in [5.41, 5.74) is 2.81. The fraction of sp³-hybridized carbons (Fsp3) is 0.333. The van der Waals surface area contributed by atoms with Gasteiger partial charge in [-0.25, -0.2) is 17.8 Å². The van der Waals surface area contributed by atoms with Crippen LogP contribution < -0.4 is 15.6 Å². The van der Waals surface area contributed by atoms with Crippen molar-refractivity contribution >= 4 is 33.4 Å². The monoisotopic (exact) mass is 548 g/mol. The van der Waals surface area contributed by atoms with Crippen LogP contribution in [0, 0.1) is 11.7 Å². The molecule has 1 aliphatic carbocycles. The maximum Gasteiger partial charge on any atom is 0.270 e. The third kappa shape index (κ3) is 6.90. The minimum absolute atomic E-state index is 0.191. The van der Waals surface area contributed by atoms with Gasteiger partial charge in [0, 0.05) is 31.0 Å². The summed E-state index contributed by atoms with van der Waals surface area (Å²) in [6, 6.07) is 7.44. The molecule has 1 saturated carbocycles. The number of aryl methyl sites for hydroxylation is 1. The number of aromatic nitrogens is 3. The Kier molecular flexibility index (Phi) is 8.20. The lowest BCUT2D eigenvalue weighted by Gasteiger charge is -2.29. The number of hydrogen-bond acceptors (Lipinski definition) is 6. The minimum atomic E-state index is -3.95. The van der Waals surface area contributed by atoms with Crippen LogP contribution in [0.25, 0.3) is 11.3 Å². The van der Waals surface area contributed by atoms with Crippen LogP contribution in [0.15, 0.2) is 49.1 Å². The maximum absolute atomic E-state index is 14.6. The number of pyridine rings is 1. The second-order valence-electron chi connectivity index (χ2n) is 9.00. The first-order chi connectivity index (χ1) is 17.6. The predicted octanol–water partition coefficient (Wildman–Crippen LogP) is 2.83. The second-order valence-corrected chi connectivity index (χ2v) is 11.2. The molecule has 196 valence electrons. The Labute approximate surface area is 218 Å². The van der Waals surface area contributed by atoms with Gasteiger partial charge >= 0.3 is 0 Å². The maximum atomic E-state index is 14.6. The highest BCUT2D eigenvalue weighted by Gasteiger charge is 2.28. The van der Waals surface area contributed by atoms with E-state index >= 15 is 0 Å². The van der Waals surface area contributed by atoms with E-state index in [0.29, 0.717) is 29.8 Å². The molecule has 37 heavy (non-hydrogen) atoms. The first kappa shape index (κ1) is 26.7. The van der Waals surface area contributed by atoms with Crippen molar-refractivity contribution in [1.82, 2.24) is 30.1 Å². The molecule has 2 aromatic heterocycles. The van der Waals surface area contributed by atoms with Gasteiger partial charge in [0.25, 0.3) is 11.8 Å². The van der Waals surface area contributed by atoms with Crippen LogP contribution in [-0.4, -0.2) is 46.6 Å². The van der Waals surface area contributed by atoms with Gasteiger partial charge in [-0.05, 0) is 49.4 Å². The zero-order valence-electron chi connectivity index (χ0n) is 19.9. The molecular formula is C24H26ClFN6O4S. The lowest BCUT2D eigenvalue weighted by Crippen LogP contribution is -2.45. The highest BCUT2D eigenvalue weighted by atomic mass is 35.5. The zero-order valence-corrected chi connectivity index (χ0v) is 21.5. The van der Waals surface area contributed by atoms with Gasteiger partial charge in [-0.2, -0.15) is 0 Å². The molecule has 1 aromatic carbocycles. The molecule has 0 saturated heterocycles. The van der Waals surface area contributed by atoms with E-state index in [1.807, 2.05) is 4.83 Å². The number of carbonyl (C=O) groups excluding carboxylic acids is 2. The normalized spacial score (nSPS) is 17.8. The van der Waals surface area contributed by atoms with Crippen molar-refractivity contribution in [3.8, 4) is 11.3 Å². The third-order valence-electron chi connectivity index (χ3n) is 6.06. The molecule has 10 nitrogen and oxygen atoms in total. The summed E-state index contributed by atoms with van der Waals surface area (Å²) in [7, 11) is -2.19. The van der Waals surface area contributed by atoms with Crippen molar-refractivity contribution in [3.63, 3.8) is 0 Å². The quantitative estimate of drug-likeness (QED) is 0.370. The number of carbonyl (C=O) groups is 2. The van der Waals surface area contributed by atoms with Crippen LogP contribution in [0.2, 0.25) is 5.02 Å². The molecule has 0 radical (unpaired) electrons. The minimum Gasteiger partial charge on any atom is -0.348 e. The molecule has 2 heterocycles. The topological polar surface area (TPSA) is 135 Å². The predicted molar refractivity (Wildman–Crippen MR) is 135 cm³/mol. The van der Waals surface area contributed by atoms with Crippen LogP contribution >= 0.6 is 11.6 Å². The zero-order chi connectivity index (χ0) is 26.6. The summed E-state index contributed by atoms with van der Waals surface area (Å²) in [6.07, 6.45) is 7.32. The Morgan fingerprint density at radius 1 is 1.19 bits per heavy atom. The lowest BCUT2D eigenvalue weighted by atomic mass is 9.87. The van der Waals surface area contributed by atoms with Gasteiger partial charge in [0.05, 0.1) is 28.4 Å². The van der Waals surface area contributed by atoms with Crippen molar-refractivity contribution in [3.05, 3.63) is 71.2 Å². The van der Waals surface area contributed by atoms with E-state index in [0.717, 1.165) is 12.8 Å². The molecule has 2 unspecified atom stereocenters. The second kappa shape index (κ2) is 11.4. The number of nitrogens with zero attached hydrogens (tertiary/aromatic N) is 3. The van der Waals surface area contributed by atoms with E-state index < -0.39 is 27.3 Å². The number of halogens is 2. The largest absolute Gasteiger partial charge is 0.348 e. The molecule has 13 heteroatoms.